The number of hydrogen-bond acceptors (Lipinski definition) is 7. The number of nitrogens with one attached hydrogen (secondary N) is 1. The van der Waals surface area contributed by atoms with Crippen molar-refractivity contribution in [2.45, 2.75) is 78.6 Å². The van der Waals surface area contributed by atoms with Gasteiger partial charge in [-0.1, -0.05) is 6.42 Å². The second kappa shape index (κ2) is 10.4. The fourth-order valence-electron chi connectivity index (χ4n) is 2.87. The molecule has 2 aromatic rings. The molecule has 0 aliphatic heterocycles. The van der Waals surface area contributed by atoms with Crippen molar-refractivity contribution in [2.75, 3.05) is 11.9 Å². The van der Waals surface area contributed by atoms with E-state index in [4.69, 9.17) is 20.2 Å². The SMILES string of the molecule is CC(C)Oc1ccc2nc(CN)c(NCCCCCC(=O)OC(C)(C)C)nc2c1. The Balaban J connectivity index is 1.89. The summed E-state index contributed by atoms with van der Waals surface area (Å²) in [5, 5.41) is 3.33. The van der Waals surface area contributed by atoms with Crippen molar-refractivity contribution in [1.29, 1.82) is 0 Å². The number of benzene rings is 1. The van der Waals surface area contributed by atoms with Crippen LogP contribution in [0.5, 0.6) is 5.75 Å². The highest BCUT2D eigenvalue weighted by atomic mass is 16.6. The summed E-state index contributed by atoms with van der Waals surface area (Å²) >= 11 is 0. The number of fused-ring (bicyclic) bond motifs is 1. The number of anilines is 1. The molecule has 3 N–H and O–H groups in total. The maximum absolute atomic E-state index is 11.7. The molecule has 0 atom stereocenters. The first kappa shape index (κ1) is 22.9. The molecule has 1 aromatic heterocycles. The van der Waals surface area contributed by atoms with Crippen LogP contribution in [0.25, 0.3) is 11.0 Å². The molecule has 2 rings (SSSR count). The molecule has 1 aromatic carbocycles. The minimum absolute atomic E-state index is 0.0991. The summed E-state index contributed by atoms with van der Waals surface area (Å²) in [7, 11) is 0. The van der Waals surface area contributed by atoms with Crippen LogP contribution in [-0.4, -0.2) is 34.2 Å². The fourth-order valence-corrected chi connectivity index (χ4v) is 2.87. The normalized spacial score (nSPS) is 11.7. The first-order chi connectivity index (χ1) is 13.7. The van der Waals surface area contributed by atoms with Crippen molar-refractivity contribution in [3.05, 3.63) is 23.9 Å². The zero-order valence-electron chi connectivity index (χ0n) is 18.2. The molecular weight excluding hydrogens is 368 g/mol. The molecule has 0 amide bonds. The molecule has 0 aliphatic rings. The predicted octanol–water partition coefficient (Wildman–Crippen LogP) is 4.19. The molecule has 7 nitrogen and oxygen atoms in total. The van der Waals surface area contributed by atoms with Crippen molar-refractivity contribution in [2.24, 2.45) is 5.73 Å². The molecule has 0 fully saturated rings. The standard InChI is InChI=1S/C22H34N4O3/c1-15(2)28-16-10-11-17-18(13-16)26-21(19(14-23)25-17)24-12-8-6-7-9-20(27)29-22(3,4)5/h10-11,13,15H,6-9,12,14,23H2,1-5H3,(H,24,26). The van der Waals surface area contributed by atoms with E-state index in [1.807, 2.05) is 52.8 Å². The van der Waals surface area contributed by atoms with Crippen LogP contribution in [0.2, 0.25) is 0 Å². The number of carbonyl (C=O) groups excluding carboxylic acids is 1. The number of aromatic nitrogens is 2. The number of nitrogens with two attached hydrogens (primary N) is 1. The van der Waals surface area contributed by atoms with Crippen LogP contribution in [0.3, 0.4) is 0 Å². The molecule has 0 unspecified atom stereocenters. The van der Waals surface area contributed by atoms with E-state index in [0.29, 0.717) is 18.8 Å². The number of carbonyl (C=O) groups is 1. The summed E-state index contributed by atoms with van der Waals surface area (Å²) in [5.74, 6) is 1.33. The summed E-state index contributed by atoms with van der Waals surface area (Å²) in [6.45, 7) is 10.7. The molecule has 0 saturated heterocycles. The van der Waals surface area contributed by atoms with Crippen LogP contribution in [0.15, 0.2) is 18.2 Å². The zero-order valence-corrected chi connectivity index (χ0v) is 18.2. The molecule has 1 heterocycles. The summed E-state index contributed by atoms with van der Waals surface area (Å²) in [4.78, 5) is 21.0. The third kappa shape index (κ3) is 7.85. The number of hydrogen-bond donors (Lipinski definition) is 2. The van der Waals surface area contributed by atoms with Crippen molar-refractivity contribution in [3.63, 3.8) is 0 Å². The third-order valence-corrected chi connectivity index (χ3v) is 4.04. The Bertz CT molecular complexity index is 816. The molecule has 0 bridgehead atoms. The smallest absolute Gasteiger partial charge is 0.306 e. The maximum Gasteiger partial charge on any atom is 0.306 e. The Morgan fingerprint density at radius 1 is 1.14 bits per heavy atom. The molecule has 29 heavy (non-hydrogen) atoms. The summed E-state index contributed by atoms with van der Waals surface area (Å²) in [6.07, 6.45) is 3.20. The molecule has 0 spiro atoms. The molecule has 0 aliphatic carbocycles. The Morgan fingerprint density at radius 3 is 2.55 bits per heavy atom. The minimum atomic E-state index is -0.425. The lowest BCUT2D eigenvalue weighted by Gasteiger charge is -2.19. The first-order valence-electron chi connectivity index (χ1n) is 10.3. The van der Waals surface area contributed by atoms with E-state index in [2.05, 4.69) is 10.3 Å². The highest BCUT2D eigenvalue weighted by Crippen LogP contribution is 2.22. The average Bonchev–Trinajstić information content (AvgIpc) is 2.61. The van der Waals surface area contributed by atoms with E-state index in [1.165, 1.54) is 0 Å². The van der Waals surface area contributed by atoms with Crippen LogP contribution in [0.1, 0.15) is 66.0 Å². The lowest BCUT2D eigenvalue weighted by atomic mass is 10.1. The van der Waals surface area contributed by atoms with Gasteiger partial charge in [-0.3, -0.25) is 4.79 Å². The van der Waals surface area contributed by atoms with Gasteiger partial charge in [0, 0.05) is 25.6 Å². The molecule has 7 heteroatoms. The van der Waals surface area contributed by atoms with Crippen molar-refractivity contribution < 1.29 is 14.3 Å². The minimum Gasteiger partial charge on any atom is -0.491 e. The zero-order chi connectivity index (χ0) is 21.4. The monoisotopic (exact) mass is 402 g/mol. The summed E-state index contributed by atoms with van der Waals surface area (Å²) in [5.41, 5.74) is 7.74. The number of ether oxygens (including phenoxy) is 2. The lowest BCUT2D eigenvalue weighted by molar-refractivity contribution is -0.154. The largest absolute Gasteiger partial charge is 0.491 e. The predicted molar refractivity (Wildman–Crippen MR) is 116 cm³/mol. The van der Waals surface area contributed by atoms with Gasteiger partial charge in [-0.15, -0.1) is 0 Å². The highest BCUT2D eigenvalue weighted by molar-refractivity contribution is 5.78. The van der Waals surface area contributed by atoms with Crippen molar-refractivity contribution >= 4 is 22.8 Å². The van der Waals surface area contributed by atoms with Gasteiger partial charge in [0.15, 0.2) is 0 Å². The van der Waals surface area contributed by atoms with Gasteiger partial charge in [0.2, 0.25) is 0 Å². The summed E-state index contributed by atoms with van der Waals surface area (Å²) in [6, 6.07) is 5.70. The van der Waals surface area contributed by atoms with Gasteiger partial charge in [0.1, 0.15) is 17.2 Å². The Kier molecular flexibility index (Phi) is 8.20. The number of esters is 1. The lowest BCUT2D eigenvalue weighted by Crippen LogP contribution is -2.23. The van der Waals surface area contributed by atoms with E-state index in [9.17, 15) is 4.79 Å². The van der Waals surface area contributed by atoms with E-state index in [0.717, 1.165) is 48.3 Å². The first-order valence-corrected chi connectivity index (χ1v) is 10.3. The highest BCUT2D eigenvalue weighted by Gasteiger charge is 2.15. The second-order valence-corrected chi connectivity index (χ2v) is 8.36. The van der Waals surface area contributed by atoms with E-state index in [-0.39, 0.29) is 12.1 Å². The van der Waals surface area contributed by atoms with E-state index >= 15 is 0 Å². The van der Waals surface area contributed by atoms with Crippen LogP contribution in [0, 0.1) is 0 Å². The summed E-state index contributed by atoms with van der Waals surface area (Å²) < 4.78 is 11.1. The van der Waals surface area contributed by atoms with Crippen LogP contribution < -0.4 is 15.8 Å². The van der Waals surface area contributed by atoms with E-state index < -0.39 is 5.60 Å². The van der Waals surface area contributed by atoms with Crippen LogP contribution in [-0.2, 0) is 16.1 Å². The molecular formula is C22H34N4O3. The number of unbranched alkanes of at least 4 members (excludes halogenated alkanes) is 2. The molecule has 0 radical (unpaired) electrons. The van der Waals surface area contributed by atoms with Crippen molar-refractivity contribution in [3.8, 4) is 5.75 Å². The topological polar surface area (TPSA) is 99.4 Å². The Labute approximate surface area is 173 Å². The second-order valence-electron chi connectivity index (χ2n) is 8.36. The Morgan fingerprint density at radius 2 is 1.90 bits per heavy atom. The molecule has 160 valence electrons. The molecule has 0 saturated carbocycles. The van der Waals surface area contributed by atoms with E-state index in [1.54, 1.807) is 0 Å². The van der Waals surface area contributed by atoms with Gasteiger partial charge < -0.3 is 20.5 Å². The quantitative estimate of drug-likeness (QED) is 0.454. The fraction of sp³-hybridized carbons (Fsp3) is 0.591. The van der Waals surface area contributed by atoms with Gasteiger partial charge in [-0.05, 0) is 59.6 Å². The van der Waals surface area contributed by atoms with Gasteiger partial charge in [-0.25, -0.2) is 9.97 Å². The van der Waals surface area contributed by atoms with Crippen LogP contribution >= 0.6 is 0 Å². The van der Waals surface area contributed by atoms with Crippen LogP contribution in [0.4, 0.5) is 5.82 Å². The Hall–Kier alpha value is -2.41. The third-order valence-electron chi connectivity index (χ3n) is 4.04. The van der Waals surface area contributed by atoms with Gasteiger partial charge >= 0.3 is 5.97 Å². The van der Waals surface area contributed by atoms with Gasteiger partial charge in [0.25, 0.3) is 0 Å². The van der Waals surface area contributed by atoms with Gasteiger partial charge in [-0.2, -0.15) is 0 Å². The number of rotatable bonds is 10. The maximum atomic E-state index is 11.7. The average molecular weight is 403 g/mol. The van der Waals surface area contributed by atoms with Crippen molar-refractivity contribution in [1.82, 2.24) is 9.97 Å². The number of nitrogens with zero attached hydrogens (tertiary/aromatic N) is 2. The van der Waals surface area contributed by atoms with Gasteiger partial charge in [0.05, 0.1) is 22.8 Å².